The van der Waals surface area contributed by atoms with Crippen molar-refractivity contribution in [2.24, 2.45) is 0 Å². The van der Waals surface area contributed by atoms with Gasteiger partial charge in [0.25, 0.3) is 5.91 Å². The van der Waals surface area contributed by atoms with E-state index in [2.05, 4.69) is 20.9 Å². The van der Waals surface area contributed by atoms with Crippen molar-refractivity contribution < 1.29 is 9.59 Å². The van der Waals surface area contributed by atoms with Gasteiger partial charge in [-0.05, 0) is 43.7 Å². The molecule has 0 aliphatic heterocycles. The van der Waals surface area contributed by atoms with Gasteiger partial charge in [-0.2, -0.15) is 0 Å². The molecule has 0 aliphatic rings. The third kappa shape index (κ3) is 3.97. The molecule has 3 aromatic rings. The standard InChI is InChI=1S/C20H20N4O2/c1-3-21-20(26)22-15-10-8-13(2)18(12-15)24-19(25)17-11-9-14-6-4-5-7-16(14)23-17/h4-12H,3H2,1-2H3,(H,24,25)(H2,21,22,26). The van der Waals surface area contributed by atoms with Crippen LogP contribution in [0.1, 0.15) is 23.0 Å². The SMILES string of the molecule is CCNC(=O)Nc1ccc(C)c(NC(=O)c2ccc3ccccc3n2)c1. The number of para-hydroxylation sites is 1. The highest BCUT2D eigenvalue weighted by molar-refractivity contribution is 6.05. The van der Waals surface area contributed by atoms with Crippen LogP contribution in [0, 0.1) is 6.92 Å². The highest BCUT2D eigenvalue weighted by atomic mass is 16.2. The molecule has 0 unspecified atom stereocenters. The smallest absolute Gasteiger partial charge is 0.319 e. The van der Waals surface area contributed by atoms with Gasteiger partial charge in [-0.1, -0.05) is 30.3 Å². The molecule has 3 N–H and O–H groups in total. The fraction of sp³-hybridized carbons (Fsp3) is 0.150. The van der Waals surface area contributed by atoms with Gasteiger partial charge in [0.15, 0.2) is 0 Å². The largest absolute Gasteiger partial charge is 0.338 e. The molecule has 3 amide bonds. The molecule has 0 bridgehead atoms. The zero-order valence-corrected chi connectivity index (χ0v) is 14.7. The summed E-state index contributed by atoms with van der Waals surface area (Å²) in [4.78, 5) is 28.6. The fourth-order valence-electron chi connectivity index (χ4n) is 2.55. The van der Waals surface area contributed by atoms with Crippen molar-refractivity contribution in [3.05, 3.63) is 65.9 Å². The third-order valence-electron chi connectivity index (χ3n) is 3.91. The van der Waals surface area contributed by atoms with Crippen LogP contribution < -0.4 is 16.0 Å². The molecule has 0 spiro atoms. The molecular weight excluding hydrogens is 328 g/mol. The summed E-state index contributed by atoms with van der Waals surface area (Å²) in [5.41, 5.74) is 3.22. The van der Waals surface area contributed by atoms with Crippen LogP contribution in [0.4, 0.5) is 16.2 Å². The molecule has 6 heteroatoms. The highest BCUT2D eigenvalue weighted by Gasteiger charge is 2.11. The minimum Gasteiger partial charge on any atom is -0.338 e. The lowest BCUT2D eigenvalue weighted by Gasteiger charge is -2.12. The summed E-state index contributed by atoms with van der Waals surface area (Å²) in [6.07, 6.45) is 0. The molecule has 0 radical (unpaired) electrons. The third-order valence-corrected chi connectivity index (χ3v) is 3.91. The molecule has 1 heterocycles. The Labute approximate surface area is 151 Å². The van der Waals surface area contributed by atoms with Crippen molar-refractivity contribution in [3.8, 4) is 0 Å². The fourth-order valence-corrected chi connectivity index (χ4v) is 2.55. The summed E-state index contributed by atoms with van der Waals surface area (Å²) in [5.74, 6) is -0.297. The summed E-state index contributed by atoms with van der Waals surface area (Å²) in [7, 11) is 0. The van der Waals surface area contributed by atoms with Crippen LogP contribution in [0.3, 0.4) is 0 Å². The monoisotopic (exact) mass is 348 g/mol. The molecule has 132 valence electrons. The van der Waals surface area contributed by atoms with Gasteiger partial charge in [-0.15, -0.1) is 0 Å². The van der Waals surface area contributed by atoms with Crippen molar-refractivity contribution in [1.82, 2.24) is 10.3 Å². The number of carbonyl (C=O) groups is 2. The van der Waals surface area contributed by atoms with Crippen LogP contribution >= 0.6 is 0 Å². The summed E-state index contributed by atoms with van der Waals surface area (Å²) < 4.78 is 0. The molecule has 0 fully saturated rings. The minimum atomic E-state index is -0.297. The normalized spacial score (nSPS) is 10.4. The first kappa shape index (κ1) is 17.4. The molecule has 6 nitrogen and oxygen atoms in total. The molecule has 26 heavy (non-hydrogen) atoms. The lowest BCUT2D eigenvalue weighted by atomic mass is 10.1. The number of aromatic nitrogens is 1. The van der Waals surface area contributed by atoms with Crippen LogP contribution in [-0.4, -0.2) is 23.5 Å². The summed E-state index contributed by atoms with van der Waals surface area (Å²) >= 11 is 0. The number of hydrogen-bond donors (Lipinski definition) is 3. The predicted octanol–water partition coefficient (Wildman–Crippen LogP) is 3.94. The van der Waals surface area contributed by atoms with Crippen LogP contribution in [0.5, 0.6) is 0 Å². The maximum atomic E-state index is 12.6. The molecule has 2 aromatic carbocycles. The van der Waals surface area contributed by atoms with E-state index in [4.69, 9.17) is 0 Å². The number of amides is 3. The molecule has 0 aliphatic carbocycles. The quantitative estimate of drug-likeness (QED) is 0.668. The molecule has 1 aromatic heterocycles. The van der Waals surface area contributed by atoms with E-state index in [9.17, 15) is 9.59 Å². The summed E-state index contributed by atoms with van der Waals surface area (Å²) in [5, 5.41) is 9.24. The Kier molecular flexibility index (Phi) is 5.12. The van der Waals surface area contributed by atoms with E-state index in [1.54, 1.807) is 18.2 Å². The molecule has 0 saturated heterocycles. The second kappa shape index (κ2) is 7.65. The molecule has 0 atom stereocenters. The lowest BCUT2D eigenvalue weighted by molar-refractivity contribution is 0.102. The molecule has 0 saturated carbocycles. The van der Waals surface area contributed by atoms with Gasteiger partial charge >= 0.3 is 6.03 Å². The summed E-state index contributed by atoms with van der Waals surface area (Å²) in [6.45, 7) is 4.27. The van der Waals surface area contributed by atoms with Crippen molar-refractivity contribution in [1.29, 1.82) is 0 Å². The number of carbonyl (C=O) groups excluding carboxylic acids is 2. The van der Waals surface area contributed by atoms with Gasteiger partial charge in [0.05, 0.1) is 5.52 Å². The molecular formula is C20H20N4O2. The van der Waals surface area contributed by atoms with Gasteiger partial charge in [0, 0.05) is 23.3 Å². The van der Waals surface area contributed by atoms with E-state index in [1.807, 2.05) is 50.2 Å². The summed E-state index contributed by atoms with van der Waals surface area (Å²) in [6, 6.07) is 16.3. The first-order valence-electron chi connectivity index (χ1n) is 8.39. The number of benzene rings is 2. The van der Waals surface area contributed by atoms with Crippen molar-refractivity contribution in [3.63, 3.8) is 0 Å². The Bertz CT molecular complexity index is 969. The molecule has 3 rings (SSSR count). The predicted molar refractivity (Wildman–Crippen MR) is 104 cm³/mol. The topological polar surface area (TPSA) is 83.1 Å². The number of pyridine rings is 1. The lowest BCUT2D eigenvalue weighted by Crippen LogP contribution is -2.28. The van der Waals surface area contributed by atoms with E-state index in [-0.39, 0.29) is 11.9 Å². The number of nitrogens with one attached hydrogen (secondary N) is 3. The average Bonchev–Trinajstić information content (AvgIpc) is 2.64. The number of anilines is 2. The zero-order valence-electron chi connectivity index (χ0n) is 14.7. The maximum Gasteiger partial charge on any atom is 0.319 e. The maximum absolute atomic E-state index is 12.6. The number of fused-ring (bicyclic) bond motifs is 1. The van der Waals surface area contributed by atoms with E-state index in [0.29, 0.717) is 23.6 Å². The number of urea groups is 1. The van der Waals surface area contributed by atoms with Crippen LogP contribution in [0.15, 0.2) is 54.6 Å². The van der Waals surface area contributed by atoms with Crippen molar-refractivity contribution >= 4 is 34.2 Å². The average molecular weight is 348 g/mol. The number of rotatable bonds is 4. The van der Waals surface area contributed by atoms with Gasteiger partial charge in [-0.25, -0.2) is 9.78 Å². The van der Waals surface area contributed by atoms with E-state index < -0.39 is 0 Å². The number of aryl methyl sites for hydroxylation is 1. The van der Waals surface area contributed by atoms with Gasteiger partial charge < -0.3 is 16.0 Å². The highest BCUT2D eigenvalue weighted by Crippen LogP contribution is 2.21. The first-order valence-corrected chi connectivity index (χ1v) is 8.39. The van der Waals surface area contributed by atoms with E-state index in [1.165, 1.54) is 0 Å². The Morgan fingerprint density at radius 1 is 1.00 bits per heavy atom. The van der Waals surface area contributed by atoms with Gasteiger partial charge in [0.2, 0.25) is 0 Å². The van der Waals surface area contributed by atoms with E-state index >= 15 is 0 Å². The number of nitrogens with zero attached hydrogens (tertiary/aromatic N) is 1. The van der Waals surface area contributed by atoms with Crippen LogP contribution in [0.25, 0.3) is 10.9 Å². The second-order valence-electron chi connectivity index (χ2n) is 5.86. The Balaban J connectivity index is 1.80. The van der Waals surface area contributed by atoms with E-state index in [0.717, 1.165) is 16.5 Å². The van der Waals surface area contributed by atoms with Crippen LogP contribution in [0.2, 0.25) is 0 Å². The first-order chi connectivity index (χ1) is 12.6. The Morgan fingerprint density at radius 2 is 1.81 bits per heavy atom. The minimum absolute atomic E-state index is 0.287. The number of hydrogen-bond acceptors (Lipinski definition) is 3. The van der Waals surface area contributed by atoms with Gasteiger partial charge in [0.1, 0.15) is 5.69 Å². The zero-order chi connectivity index (χ0) is 18.5. The van der Waals surface area contributed by atoms with Crippen molar-refractivity contribution in [2.45, 2.75) is 13.8 Å². The van der Waals surface area contributed by atoms with Crippen LogP contribution in [-0.2, 0) is 0 Å². The van der Waals surface area contributed by atoms with Crippen molar-refractivity contribution in [2.75, 3.05) is 17.2 Å². The van der Waals surface area contributed by atoms with Gasteiger partial charge in [-0.3, -0.25) is 4.79 Å². The Morgan fingerprint density at radius 3 is 2.62 bits per heavy atom. The Hall–Kier alpha value is -3.41. The second-order valence-corrected chi connectivity index (χ2v) is 5.86.